The maximum absolute atomic E-state index is 11.7. The van der Waals surface area contributed by atoms with Crippen molar-refractivity contribution in [2.24, 2.45) is 13.0 Å². The summed E-state index contributed by atoms with van der Waals surface area (Å²) < 4.78 is 3.08. The average Bonchev–Trinajstić information content (AvgIpc) is 3.06. The minimum Gasteiger partial charge on any atom is -0.312 e. The Morgan fingerprint density at radius 1 is 1.62 bits per heavy atom. The Balaban J connectivity index is 1.99. The molecule has 0 aromatic carbocycles. The Morgan fingerprint density at radius 2 is 2.38 bits per heavy atom. The van der Waals surface area contributed by atoms with Gasteiger partial charge in [-0.1, -0.05) is 6.92 Å². The maximum atomic E-state index is 11.7. The van der Waals surface area contributed by atoms with Gasteiger partial charge in [0.25, 0.3) is 0 Å². The van der Waals surface area contributed by atoms with Crippen LogP contribution in [0.1, 0.15) is 26.2 Å². The van der Waals surface area contributed by atoms with Crippen LogP contribution in [0, 0.1) is 5.92 Å². The summed E-state index contributed by atoms with van der Waals surface area (Å²) in [5.41, 5.74) is -0.0241. The van der Waals surface area contributed by atoms with Crippen molar-refractivity contribution >= 4 is 0 Å². The van der Waals surface area contributed by atoms with Gasteiger partial charge in [0.15, 0.2) is 0 Å². The molecule has 0 saturated heterocycles. The van der Waals surface area contributed by atoms with Crippen LogP contribution >= 0.6 is 0 Å². The molecule has 2 rings (SSSR count). The van der Waals surface area contributed by atoms with E-state index in [4.69, 9.17) is 0 Å². The van der Waals surface area contributed by atoms with E-state index in [9.17, 15) is 4.79 Å². The zero-order valence-corrected chi connectivity index (χ0v) is 10.0. The van der Waals surface area contributed by atoms with Crippen LogP contribution in [0.4, 0.5) is 0 Å². The molecule has 0 spiro atoms. The average molecular weight is 224 g/mol. The smallest absolute Gasteiger partial charge is 0.312 e. The third kappa shape index (κ3) is 2.52. The summed E-state index contributed by atoms with van der Waals surface area (Å²) in [7, 11) is 1.73. The maximum Gasteiger partial charge on any atom is 0.345 e. The second kappa shape index (κ2) is 4.82. The molecule has 5 nitrogen and oxygen atoms in total. The van der Waals surface area contributed by atoms with Gasteiger partial charge in [-0.2, -0.15) is 5.10 Å². The zero-order chi connectivity index (χ0) is 11.5. The van der Waals surface area contributed by atoms with E-state index in [1.807, 2.05) is 0 Å². The molecular formula is C11H20N4O. The summed E-state index contributed by atoms with van der Waals surface area (Å²) in [5.74, 6) is 0.737. The number of aryl methyl sites for hydroxylation is 1. The lowest BCUT2D eigenvalue weighted by atomic mass is 10.2. The molecule has 1 aliphatic carbocycles. The second-order valence-electron chi connectivity index (χ2n) is 4.60. The van der Waals surface area contributed by atoms with Gasteiger partial charge >= 0.3 is 5.69 Å². The number of hydrogen-bond acceptors (Lipinski definition) is 3. The Morgan fingerprint density at radius 3 is 2.88 bits per heavy atom. The molecule has 0 bridgehead atoms. The van der Waals surface area contributed by atoms with Crippen molar-refractivity contribution in [3.05, 3.63) is 16.8 Å². The van der Waals surface area contributed by atoms with E-state index in [0.29, 0.717) is 12.6 Å². The molecule has 0 radical (unpaired) electrons. The van der Waals surface area contributed by atoms with E-state index >= 15 is 0 Å². The van der Waals surface area contributed by atoms with E-state index in [-0.39, 0.29) is 5.69 Å². The Bertz CT molecular complexity index is 391. The summed E-state index contributed by atoms with van der Waals surface area (Å²) in [6.07, 6.45) is 5.26. The summed E-state index contributed by atoms with van der Waals surface area (Å²) >= 11 is 0. The molecule has 1 aromatic heterocycles. The lowest BCUT2D eigenvalue weighted by Gasteiger charge is -2.17. The van der Waals surface area contributed by atoms with Crippen LogP contribution in [0.3, 0.4) is 0 Å². The van der Waals surface area contributed by atoms with Gasteiger partial charge in [0.2, 0.25) is 0 Å². The van der Waals surface area contributed by atoms with Crippen molar-refractivity contribution in [1.29, 1.82) is 0 Å². The van der Waals surface area contributed by atoms with E-state index in [1.54, 1.807) is 18.1 Å². The van der Waals surface area contributed by atoms with Crippen molar-refractivity contribution in [2.75, 3.05) is 6.54 Å². The Labute approximate surface area is 95.5 Å². The highest BCUT2D eigenvalue weighted by Gasteiger charge is 2.31. The fourth-order valence-electron chi connectivity index (χ4n) is 1.94. The van der Waals surface area contributed by atoms with Crippen molar-refractivity contribution in [3.63, 3.8) is 0 Å². The van der Waals surface area contributed by atoms with Gasteiger partial charge in [-0.25, -0.2) is 9.48 Å². The summed E-state index contributed by atoms with van der Waals surface area (Å²) in [5, 5.41) is 7.61. The highest BCUT2D eigenvalue weighted by Crippen LogP contribution is 2.33. The fourth-order valence-corrected chi connectivity index (χ4v) is 1.94. The molecule has 1 saturated carbocycles. The van der Waals surface area contributed by atoms with Gasteiger partial charge in [0.1, 0.15) is 6.33 Å². The van der Waals surface area contributed by atoms with Crippen LogP contribution in [0.5, 0.6) is 0 Å². The molecule has 0 aliphatic heterocycles. The zero-order valence-electron chi connectivity index (χ0n) is 10.0. The van der Waals surface area contributed by atoms with Crippen LogP contribution in [-0.2, 0) is 13.6 Å². The molecule has 1 heterocycles. The predicted molar refractivity (Wildman–Crippen MR) is 62.3 cm³/mol. The highest BCUT2D eigenvalue weighted by molar-refractivity contribution is 4.86. The minimum atomic E-state index is -0.0241. The SMILES string of the molecule is CCCNC(Cn1ncn(C)c1=O)C1CC1. The van der Waals surface area contributed by atoms with Crippen LogP contribution in [0.2, 0.25) is 0 Å². The van der Waals surface area contributed by atoms with Gasteiger partial charge in [0, 0.05) is 13.1 Å². The molecule has 1 unspecified atom stereocenters. The van der Waals surface area contributed by atoms with Gasteiger partial charge in [-0.05, 0) is 31.7 Å². The fraction of sp³-hybridized carbons (Fsp3) is 0.818. The lowest BCUT2D eigenvalue weighted by molar-refractivity contribution is 0.382. The molecule has 1 aliphatic rings. The van der Waals surface area contributed by atoms with Gasteiger partial charge in [0.05, 0.1) is 6.54 Å². The summed E-state index contributed by atoms with van der Waals surface area (Å²) in [4.78, 5) is 11.7. The topological polar surface area (TPSA) is 51.9 Å². The van der Waals surface area contributed by atoms with Crippen molar-refractivity contribution in [2.45, 2.75) is 38.8 Å². The number of hydrogen-bond donors (Lipinski definition) is 1. The van der Waals surface area contributed by atoms with Crippen molar-refractivity contribution in [1.82, 2.24) is 19.7 Å². The molecule has 90 valence electrons. The third-order valence-electron chi connectivity index (χ3n) is 3.10. The summed E-state index contributed by atoms with van der Waals surface area (Å²) in [6.45, 7) is 3.87. The minimum absolute atomic E-state index is 0.0241. The third-order valence-corrected chi connectivity index (χ3v) is 3.10. The van der Waals surface area contributed by atoms with Crippen LogP contribution in [0.15, 0.2) is 11.1 Å². The molecule has 1 N–H and O–H groups in total. The van der Waals surface area contributed by atoms with Gasteiger partial charge in [-0.15, -0.1) is 0 Å². The van der Waals surface area contributed by atoms with E-state index < -0.39 is 0 Å². The first-order chi connectivity index (χ1) is 7.72. The second-order valence-corrected chi connectivity index (χ2v) is 4.60. The molecule has 5 heteroatoms. The summed E-state index contributed by atoms with van der Waals surface area (Å²) in [6, 6.07) is 0.410. The molecular weight excluding hydrogens is 204 g/mol. The lowest BCUT2D eigenvalue weighted by Crippen LogP contribution is -2.39. The van der Waals surface area contributed by atoms with E-state index in [0.717, 1.165) is 18.9 Å². The van der Waals surface area contributed by atoms with Crippen molar-refractivity contribution in [3.8, 4) is 0 Å². The highest BCUT2D eigenvalue weighted by atomic mass is 16.2. The Kier molecular flexibility index (Phi) is 3.43. The van der Waals surface area contributed by atoms with Gasteiger partial charge in [-0.3, -0.25) is 4.57 Å². The first kappa shape index (κ1) is 11.4. The monoisotopic (exact) mass is 224 g/mol. The first-order valence-electron chi connectivity index (χ1n) is 6.04. The normalized spacial score (nSPS) is 17.6. The predicted octanol–water partition coefficient (Wildman–Crippen LogP) is 0.360. The molecule has 16 heavy (non-hydrogen) atoms. The standard InChI is InChI=1S/C11H20N4O/c1-3-6-12-10(9-4-5-9)7-15-11(16)14(2)8-13-15/h8-10,12H,3-7H2,1-2H3. The van der Waals surface area contributed by atoms with Crippen LogP contribution in [0.25, 0.3) is 0 Å². The molecule has 1 fully saturated rings. The molecule has 1 atom stereocenters. The largest absolute Gasteiger partial charge is 0.345 e. The first-order valence-corrected chi connectivity index (χ1v) is 6.04. The van der Waals surface area contributed by atoms with Crippen LogP contribution < -0.4 is 11.0 Å². The number of nitrogens with zero attached hydrogens (tertiary/aromatic N) is 3. The molecule has 1 aromatic rings. The van der Waals surface area contributed by atoms with E-state index in [1.165, 1.54) is 17.4 Å². The van der Waals surface area contributed by atoms with Crippen molar-refractivity contribution < 1.29 is 0 Å². The van der Waals surface area contributed by atoms with E-state index in [2.05, 4.69) is 17.3 Å². The van der Waals surface area contributed by atoms with Crippen LogP contribution in [-0.4, -0.2) is 26.9 Å². The Hall–Kier alpha value is -1.10. The number of nitrogens with one attached hydrogen (secondary N) is 1. The quantitative estimate of drug-likeness (QED) is 0.759. The molecule has 0 amide bonds. The van der Waals surface area contributed by atoms with Gasteiger partial charge < -0.3 is 5.32 Å². The number of rotatable bonds is 6. The number of aromatic nitrogens is 3.